The van der Waals surface area contributed by atoms with Crippen LogP contribution in [0.25, 0.3) is 0 Å². The summed E-state index contributed by atoms with van der Waals surface area (Å²) in [6, 6.07) is 3.25. The van der Waals surface area contributed by atoms with Crippen molar-refractivity contribution in [2.75, 3.05) is 40.3 Å². The van der Waals surface area contributed by atoms with Crippen molar-refractivity contribution in [3.05, 3.63) is 12.1 Å². The summed E-state index contributed by atoms with van der Waals surface area (Å²) in [6.45, 7) is 0.0900. The van der Waals surface area contributed by atoms with Crippen molar-refractivity contribution in [3.8, 4) is 17.2 Å². The predicted octanol–water partition coefficient (Wildman–Crippen LogP) is 0.625. The molecule has 20 heavy (non-hydrogen) atoms. The standard InChI is InChI=1S/C13H20N2O5/c1-17-9-5-8(6-10(18-2)12(9)20-4)15-13(16)11(7-14)19-3/h5-6,11H,7,14H2,1-4H3,(H,15,16). The molecule has 0 heterocycles. The third-order valence-electron chi connectivity index (χ3n) is 2.72. The molecule has 1 atom stereocenters. The van der Waals surface area contributed by atoms with Crippen molar-refractivity contribution in [2.45, 2.75) is 6.10 Å². The lowest BCUT2D eigenvalue weighted by Crippen LogP contribution is -2.35. The van der Waals surface area contributed by atoms with E-state index < -0.39 is 6.10 Å². The molecule has 1 unspecified atom stereocenters. The molecular formula is C13H20N2O5. The van der Waals surface area contributed by atoms with Crippen LogP contribution in [0, 0.1) is 0 Å². The van der Waals surface area contributed by atoms with E-state index >= 15 is 0 Å². The molecule has 0 bridgehead atoms. The smallest absolute Gasteiger partial charge is 0.254 e. The lowest BCUT2D eigenvalue weighted by molar-refractivity contribution is -0.125. The fraction of sp³-hybridized carbons (Fsp3) is 0.462. The molecule has 7 nitrogen and oxygen atoms in total. The maximum absolute atomic E-state index is 11.9. The highest BCUT2D eigenvalue weighted by Crippen LogP contribution is 2.39. The third kappa shape index (κ3) is 3.52. The minimum atomic E-state index is -0.714. The molecule has 0 saturated heterocycles. The van der Waals surface area contributed by atoms with Crippen LogP contribution in [-0.4, -0.2) is 47.0 Å². The number of nitrogens with two attached hydrogens (primary N) is 1. The highest BCUT2D eigenvalue weighted by atomic mass is 16.5. The second-order valence-electron chi connectivity index (χ2n) is 3.86. The van der Waals surface area contributed by atoms with Gasteiger partial charge in [0.25, 0.3) is 5.91 Å². The van der Waals surface area contributed by atoms with Crippen LogP contribution in [0.2, 0.25) is 0 Å². The first-order valence-corrected chi connectivity index (χ1v) is 5.95. The molecule has 0 aliphatic heterocycles. The van der Waals surface area contributed by atoms with Gasteiger partial charge in [-0.15, -0.1) is 0 Å². The van der Waals surface area contributed by atoms with Gasteiger partial charge in [0.2, 0.25) is 5.75 Å². The van der Waals surface area contributed by atoms with Gasteiger partial charge in [-0.25, -0.2) is 0 Å². The van der Waals surface area contributed by atoms with E-state index in [-0.39, 0.29) is 12.5 Å². The largest absolute Gasteiger partial charge is 0.493 e. The Kier molecular flexibility index (Phi) is 6.08. The molecular weight excluding hydrogens is 264 g/mol. The summed E-state index contributed by atoms with van der Waals surface area (Å²) >= 11 is 0. The van der Waals surface area contributed by atoms with Crippen molar-refractivity contribution in [3.63, 3.8) is 0 Å². The minimum absolute atomic E-state index is 0.0900. The predicted molar refractivity (Wildman–Crippen MR) is 74.6 cm³/mol. The molecule has 7 heteroatoms. The summed E-state index contributed by atoms with van der Waals surface area (Å²) in [6.07, 6.45) is -0.714. The van der Waals surface area contributed by atoms with Gasteiger partial charge >= 0.3 is 0 Å². The Balaban J connectivity index is 3.04. The number of anilines is 1. The highest BCUT2D eigenvalue weighted by Gasteiger charge is 2.18. The Morgan fingerprint density at radius 1 is 1.15 bits per heavy atom. The Hall–Kier alpha value is -1.99. The topological polar surface area (TPSA) is 92.0 Å². The Morgan fingerprint density at radius 2 is 1.70 bits per heavy atom. The number of nitrogens with one attached hydrogen (secondary N) is 1. The molecule has 0 radical (unpaired) electrons. The first-order chi connectivity index (χ1) is 9.60. The van der Waals surface area contributed by atoms with E-state index in [0.717, 1.165) is 0 Å². The van der Waals surface area contributed by atoms with Gasteiger partial charge in [-0.2, -0.15) is 0 Å². The van der Waals surface area contributed by atoms with Crippen molar-refractivity contribution in [1.29, 1.82) is 0 Å². The second-order valence-corrected chi connectivity index (χ2v) is 3.86. The number of carbonyl (C=O) groups is 1. The first kappa shape index (κ1) is 16.1. The van der Waals surface area contributed by atoms with Crippen LogP contribution in [0.4, 0.5) is 5.69 Å². The van der Waals surface area contributed by atoms with Crippen LogP contribution in [0.15, 0.2) is 12.1 Å². The van der Waals surface area contributed by atoms with Crippen LogP contribution >= 0.6 is 0 Å². The number of ether oxygens (including phenoxy) is 4. The van der Waals surface area contributed by atoms with E-state index in [1.165, 1.54) is 28.4 Å². The van der Waals surface area contributed by atoms with E-state index in [9.17, 15) is 4.79 Å². The van der Waals surface area contributed by atoms with Crippen LogP contribution in [-0.2, 0) is 9.53 Å². The lowest BCUT2D eigenvalue weighted by Gasteiger charge is -2.16. The molecule has 0 fully saturated rings. The average molecular weight is 284 g/mol. The van der Waals surface area contributed by atoms with E-state index in [1.54, 1.807) is 12.1 Å². The molecule has 0 aliphatic carbocycles. The van der Waals surface area contributed by atoms with Gasteiger partial charge < -0.3 is 30.0 Å². The number of carbonyl (C=O) groups excluding carboxylic acids is 1. The van der Waals surface area contributed by atoms with Crippen molar-refractivity contribution in [1.82, 2.24) is 0 Å². The van der Waals surface area contributed by atoms with Crippen molar-refractivity contribution in [2.24, 2.45) is 5.73 Å². The number of benzene rings is 1. The van der Waals surface area contributed by atoms with Gasteiger partial charge in [0.15, 0.2) is 11.5 Å². The number of rotatable bonds is 7. The maximum atomic E-state index is 11.9. The zero-order valence-corrected chi connectivity index (χ0v) is 12.1. The molecule has 1 rings (SSSR count). The van der Waals surface area contributed by atoms with E-state index in [4.69, 9.17) is 24.7 Å². The SMILES string of the molecule is COc1cc(NC(=O)C(CN)OC)cc(OC)c1OC. The normalized spacial score (nSPS) is 11.7. The van der Waals surface area contributed by atoms with Crippen LogP contribution in [0.5, 0.6) is 17.2 Å². The number of methoxy groups -OCH3 is 4. The first-order valence-electron chi connectivity index (χ1n) is 5.95. The van der Waals surface area contributed by atoms with Gasteiger partial charge in [0.05, 0.1) is 21.3 Å². The molecule has 0 aromatic heterocycles. The molecule has 3 N–H and O–H groups in total. The summed E-state index contributed by atoms with van der Waals surface area (Å²) in [4.78, 5) is 11.9. The van der Waals surface area contributed by atoms with Gasteiger partial charge in [-0.1, -0.05) is 0 Å². The zero-order valence-electron chi connectivity index (χ0n) is 12.1. The number of amides is 1. The van der Waals surface area contributed by atoms with Gasteiger partial charge in [0, 0.05) is 31.5 Å². The Morgan fingerprint density at radius 3 is 2.05 bits per heavy atom. The van der Waals surface area contributed by atoms with Crippen LogP contribution in [0.1, 0.15) is 0 Å². The molecule has 0 aliphatic rings. The van der Waals surface area contributed by atoms with E-state index in [2.05, 4.69) is 5.32 Å². The summed E-state index contributed by atoms with van der Waals surface area (Å²) < 4.78 is 20.6. The summed E-state index contributed by atoms with van der Waals surface area (Å²) in [5.74, 6) is 1.01. The Bertz CT molecular complexity index is 435. The molecule has 0 saturated carbocycles. The second kappa shape index (κ2) is 7.56. The fourth-order valence-electron chi connectivity index (χ4n) is 1.69. The van der Waals surface area contributed by atoms with Crippen molar-refractivity contribution >= 4 is 11.6 Å². The Labute approximate surface area is 117 Å². The fourth-order valence-corrected chi connectivity index (χ4v) is 1.69. The number of hydrogen-bond acceptors (Lipinski definition) is 6. The van der Waals surface area contributed by atoms with Gasteiger partial charge in [-0.05, 0) is 0 Å². The lowest BCUT2D eigenvalue weighted by atomic mass is 10.2. The summed E-state index contributed by atoms with van der Waals surface area (Å²) in [7, 11) is 5.93. The monoisotopic (exact) mass is 284 g/mol. The van der Waals surface area contributed by atoms with Crippen LogP contribution < -0.4 is 25.3 Å². The number of hydrogen-bond donors (Lipinski definition) is 2. The highest BCUT2D eigenvalue weighted by molar-refractivity contribution is 5.95. The molecule has 1 aromatic rings. The van der Waals surface area contributed by atoms with Crippen LogP contribution in [0.3, 0.4) is 0 Å². The molecule has 1 amide bonds. The summed E-state index contributed by atoms with van der Waals surface area (Å²) in [5.41, 5.74) is 5.94. The van der Waals surface area contributed by atoms with E-state index in [0.29, 0.717) is 22.9 Å². The quantitative estimate of drug-likeness (QED) is 0.763. The summed E-state index contributed by atoms with van der Waals surface area (Å²) in [5, 5.41) is 2.69. The molecule has 112 valence electrons. The van der Waals surface area contributed by atoms with E-state index in [1.807, 2.05) is 0 Å². The molecule has 0 spiro atoms. The third-order valence-corrected chi connectivity index (χ3v) is 2.72. The van der Waals surface area contributed by atoms with Gasteiger partial charge in [0.1, 0.15) is 6.10 Å². The minimum Gasteiger partial charge on any atom is -0.493 e. The molecule has 1 aromatic carbocycles. The maximum Gasteiger partial charge on any atom is 0.254 e. The van der Waals surface area contributed by atoms with Crippen molar-refractivity contribution < 1.29 is 23.7 Å². The zero-order chi connectivity index (χ0) is 15.1. The average Bonchev–Trinajstić information content (AvgIpc) is 2.47. The van der Waals surface area contributed by atoms with Gasteiger partial charge in [-0.3, -0.25) is 4.79 Å².